The molecule has 0 aromatic carbocycles. The Morgan fingerprint density at radius 1 is 2.00 bits per heavy atom. The molecule has 0 amide bonds. The van der Waals surface area contributed by atoms with Crippen molar-refractivity contribution in [1.82, 2.24) is 0 Å². The van der Waals surface area contributed by atoms with Gasteiger partial charge in [-0.25, -0.2) is 0 Å². The van der Waals surface area contributed by atoms with Crippen molar-refractivity contribution in [2.24, 2.45) is 11.7 Å². The van der Waals surface area contributed by atoms with Crippen molar-refractivity contribution in [3.63, 3.8) is 0 Å². The number of nitrogens with zero attached hydrogens (tertiary/aromatic N) is 1. The van der Waals surface area contributed by atoms with Gasteiger partial charge in [-0.3, -0.25) is 0 Å². The summed E-state index contributed by atoms with van der Waals surface area (Å²) in [4.78, 5) is 0. The van der Waals surface area contributed by atoms with Gasteiger partial charge in [0.15, 0.2) is 0 Å². The van der Waals surface area contributed by atoms with Gasteiger partial charge in [0.25, 0.3) is 0 Å². The second kappa shape index (κ2) is 1.33. The molecule has 1 rings (SSSR count). The molecule has 0 spiro atoms. The van der Waals surface area contributed by atoms with Crippen molar-refractivity contribution >= 4 is 0 Å². The zero-order valence-electron chi connectivity index (χ0n) is 4.59. The van der Waals surface area contributed by atoms with Crippen molar-refractivity contribution in [1.29, 1.82) is 5.26 Å². The van der Waals surface area contributed by atoms with Crippen LogP contribution < -0.4 is 5.73 Å². The molecule has 2 atom stereocenters. The molecule has 2 N–H and O–H groups in total. The Kier molecular flexibility index (Phi) is 0.887. The van der Waals surface area contributed by atoms with Crippen molar-refractivity contribution < 1.29 is 0 Å². The second-order valence-electron chi connectivity index (χ2n) is 2.20. The third-order valence-corrected chi connectivity index (χ3v) is 1.55. The van der Waals surface area contributed by atoms with Crippen LogP contribution in [0.2, 0.25) is 0 Å². The van der Waals surface area contributed by atoms with E-state index in [9.17, 15) is 0 Å². The first-order valence-corrected chi connectivity index (χ1v) is 2.55. The van der Waals surface area contributed by atoms with Crippen LogP contribution in [0.5, 0.6) is 0 Å². The Balaban J connectivity index is 2.58. The van der Waals surface area contributed by atoms with Crippen LogP contribution in [0.1, 0.15) is 6.42 Å². The van der Waals surface area contributed by atoms with Gasteiger partial charge in [-0.1, -0.05) is 6.08 Å². The van der Waals surface area contributed by atoms with Crippen LogP contribution >= 0.6 is 0 Å². The van der Waals surface area contributed by atoms with Crippen LogP contribution in [0.15, 0.2) is 12.7 Å². The molecule has 1 aliphatic carbocycles. The molecular formula is C6H8N2. The highest BCUT2D eigenvalue weighted by molar-refractivity contribution is 5.26. The normalized spacial score (nSPS) is 42.8. The van der Waals surface area contributed by atoms with Gasteiger partial charge in [0.1, 0.15) is 5.54 Å². The summed E-state index contributed by atoms with van der Waals surface area (Å²) in [7, 11) is 0. The molecule has 42 valence electrons. The second-order valence-corrected chi connectivity index (χ2v) is 2.20. The first-order valence-electron chi connectivity index (χ1n) is 2.55. The van der Waals surface area contributed by atoms with E-state index in [2.05, 4.69) is 6.58 Å². The minimum atomic E-state index is -0.554. The van der Waals surface area contributed by atoms with Gasteiger partial charge in [-0.2, -0.15) is 5.26 Å². The number of nitriles is 1. The predicted octanol–water partition coefficient (Wildman–Crippen LogP) is 0.413. The lowest BCUT2D eigenvalue weighted by molar-refractivity contribution is 0.815. The number of nitrogens with two attached hydrogens (primary N) is 1. The maximum atomic E-state index is 8.34. The largest absolute Gasteiger partial charge is 0.313 e. The van der Waals surface area contributed by atoms with Gasteiger partial charge in [0.05, 0.1) is 6.07 Å². The zero-order valence-corrected chi connectivity index (χ0v) is 4.59. The monoisotopic (exact) mass is 108 g/mol. The van der Waals surface area contributed by atoms with E-state index in [1.165, 1.54) is 0 Å². The van der Waals surface area contributed by atoms with Gasteiger partial charge in [0, 0.05) is 5.92 Å². The maximum absolute atomic E-state index is 8.34. The Bertz CT molecular complexity index is 156. The number of hydrogen-bond donors (Lipinski definition) is 1. The van der Waals surface area contributed by atoms with E-state index >= 15 is 0 Å². The highest BCUT2D eigenvalue weighted by Crippen LogP contribution is 2.40. The maximum Gasteiger partial charge on any atom is 0.111 e. The van der Waals surface area contributed by atoms with E-state index in [1.807, 2.05) is 6.07 Å². The number of rotatable bonds is 1. The molecule has 2 nitrogen and oxygen atoms in total. The van der Waals surface area contributed by atoms with E-state index < -0.39 is 5.54 Å². The van der Waals surface area contributed by atoms with Crippen LogP contribution in [-0.2, 0) is 0 Å². The molecule has 0 aromatic rings. The highest BCUT2D eigenvalue weighted by Gasteiger charge is 2.49. The summed E-state index contributed by atoms with van der Waals surface area (Å²) < 4.78 is 0. The Morgan fingerprint density at radius 3 is 2.75 bits per heavy atom. The van der Waals surface area contributed by atoms with Crippen LogP contribution in [0.3, 0.4) is 0 Å². The summed E-state index contributed by atoms with van der Waals surface area (Å²) in [5, 5.41) is 8.34. The summed E-state index contributed by atoms with van der Waals surface area (Å²) in [6, 6.07) is 2.02. The molecule has 0 bridgehead atoms. The van der Waals surface area contributed by atoms with Crippen molar-refractivity contribution in [2.75, 3.05) is 0 Å². The highest BCUT2D eigenvalue weighted by atomic mass is 14.8. The van der Waals surface area contributed by atoms with E-state index in [0.29, 0.717) is 0 Å². The minimum absolute atomic E-state index is 0.243. The van der Waals surface area contributed by atoms with Crippen LogP contribution in [0.25, 0.3) is 0 Å². The fourth-order valence-corrected chi connectivity index (χ4v) is 0.727. The summed E-state index contributed by atoms with van der Waals surface area (Å²) in [6.45, 7) is 3.53. The molecular weight excluding hydrogens is 100 g/mol. The molecule has 0 radical (unpaired) electrons. The lowest BCUT2D eigenvalue weighted by Crippen LogP contribution is -2.21. The molecule has 0 aliphatic heterocycles. The molecule has 0 aromatic heterocycles. The first-order chi connectivity index (χ1) is 3.73. The Labute approximate surface area is 48.6 Å². The first kappa shape index (κ1) is 5.33. The van der Waals surface area contributed by atoms with Crippen molar-refractivity contribution in [2.45, 2.75) is 12.0 Å². The van der Waals surface area contributed by atoms with Gasteiger partial charge in [-0.15, -0.1) is 6.58 Å². The molecule has 0 unspecified atom stereocenters. The molecule has 1 saturated carbocycles. The molecule has 0 saturated heterocycles. The van der Waals surface area contributed by atoms with E-state index in [0.717, 1.165) is 6.42 Å². The summed E-state index contributed by atoms with van der Waals surface area (Å²) in [5.74, 6) is 0.243. The van der Waals surface area contributed by atoms with Crippen LogP contribution in [0.4, 0.5) is 0 Å². The Morgan fingerprint density at radius 2 is 2.62 bits per heavy atom. The fraction of sp³-hybridized carbons (Fsp3) is 0.500. The lowest BCUT2D eigenvalue weighted by Gasteiger charge is -1.90. The molecule has 1 aliphatic rings. The summed E-state index contributed by atoms with van der Waals surface area (Å²) in [5.41, 5.74) is 4.91. The topological polar surface area (TPSA) is 49.8 Å². The molecule has 1 fully saturated rings. The third-order valence-electron chi connectivity index (χ3n) is 1.55. The van der Waals surface area contributed by atoms with E-state index in [-0.39, 0.29) is 5.92 Å². The fourth-order valence-electron chi connectivity index (χ4n) is 0.727. The SMILES string of the molecule is C=C[C@H]1C[C@]1(N)C#N. The molecule has 2 heteroatoms. The van der Waals surface area contributed by atoms with Gasteiger partial charge < -0.3 is 5.73 Å². The summed E-state index contributed by atoms with van der Waals surface area (Å²) in [6.07, 6.45) is 2.52. The van der Waals surface area contributed by atoms with Crippen molar-refractivity contribution in [3.8, 4) is 6.07 Å². The average Bonchev–Trinajstić information content (AvgIpc) is 2.44. The standard InChI is InChI=1S/C6H8N2/c1-2-5-3-6(5,8)4-7/h2,5H,1,3,8H2/t5-,6-/m0/s1. The summed E-state index contributed by atoms with van der Waals surface area (Å²) >= 11 is 0. The van der Waals surface area contributed by atoms with Crippen LogP contribution in [-0.4, -0.2) is 5.54 Å². The number of hydrogen-bond acceptors (Lipinski definition) is 2. The average molecular weight is 108 g/mol. The third kappa shape index (κ3) is 0.524. The van der Waals surface area contributed by atoms with E-state index in [4.69, 9.17) is 11.0 Å². The van der Waals surface area contributed by atoms with Gasteiger partial charge >= 0.3 is 0 Å². The smallest absolute Gasteiger partial charge is 0.111 e. The zero-order chi connectivity index (χ0) is 6.20. The molecule has 0 heterocycles. The Hall–Kier alpha value is -0.810. The van der Waals surface area contributed by atoms with Crippen LogP contribution in [0, 0.1) is 17.2 Å². The van der Waals surface area contributed by atoms with Crippen molar-refractivity contribution in [3.05, 3.63) is 12.7 Å². The predicted molar refractivity (Wildman–Crippen MR) is 30.8 cm³/mol. The van der Waals surface area contributed by atoms with Gasteiger partial charge in [-0.05, 0) is 6.42 Å². The van der Waals surface area contributed by atoms with E-state index in [1.54, 1.807) is 6.08 Å². The quantitative estimate of drug-likeness (QED) is 0.495. The molecule has 8 heavy (non-hydrogen) atoms. The minimum Gasteiger partial charge on any atom is -0.313 e. The lowest BCUT2D eigenvalue weighted by atomic mass is 10.2. The van der Waals surface area contributed by atoms with Gasteiger partial charge in [0.2, 0.25) is 0 Å².